The van der Waals surface area contributed by atoms with Crippen LogP contribution in [0.4, 0.5) is 5.69 Å². The average Bonchev–Trinajstić information content (AvgIpc) is 2.93. The summed E-state index contributed by atoms with van der Waals surface area (Å²) in [5.74, 6) is 0.0858. The molecule has 0 atom stereocenters. The minimum Gasteiger partial charge on any atom is -0.338 e. The Labute approximate surface area is 149 Å². The van der Waals surface area contributed by atoms with Crippen LogP contribution in [0.2, 0.25) is 0 Å². The predicted molar refractivity (Wildman–Crippen MR) is 98.2 cm³/mol. The lowest BCUT2D eigenvalue weighted by atomic mass is 10.1. The third kappa shape index (κ3) is 3.90. The van der Waals surface area contributed by atoms with E-state index in [-0.39, 0.29) is 11.8 Å². The van der Waals surface area contributed by atoms with Crippen molar-refractivity contribution in [1.29, 1.82) is 0 Å². The average molecular weight is 420 g/mol. The quantitative estimate of drug-likeness (QED) is 0.768. The number of rotatable bonds is 4. The zero-order valence-corrected chi connectivity index (χ0v) is 14.7. The summed E-state index contributed by atoms with van der Waals surface area (Å²) in [6, 6.07) is 15.2. The first-order valence-electron chi connectivity index (χ1n) is 7.56. The first kappa shape index (κ1) is 16.0. The van der Waals surface area contributed by atoms with Crippen LogP contribution in [0.1, 0.15) is 28.8 Å². The van der Waals surface area contributed by atoms with E-state index in [1.54, 1.807) is 0 Å². The summed E-state index contributed by atoms with van der Waals surface area (Å²) in [5.41, 5.74) is 2.44. The minimum absolute atomic E-state index is 0.121. The van der Waals surface area contributed by atoms with Crippen molar-refractivity contribution in [3.8, 4) is 0 Å². The second-order valence-electron chi connectivity index (χ2n) is 5.55. The molecule has 23 heavy (non-hydrogen) atoms. The molecular weight excluding hydrogens is 403 g/mol. The van der Waals surface area contributed by atoms with Crippen LogP contribution in [0.3, 0.4) is 0 Å². The Morgan fingerprint density at radius 1 is 1.17 bits per heavy atom. The van der Waals surface area contributed by atoms with Gasteiger partial charge in [0.2, 0.25) is 5.91 Å². The number of nitrogens with zero attached hydrogens (tertiary/aromatic N) is 1. The number of amides is 2. The molecule has 4 nitrogen and oxygen atoms in total. The summed E-state index contributed by atoms with van der Waals surface area (Å²) in [6.07, 6.45) is 1.57. The molecule has 0 aliphatic carbocycles. The highest BCUT2D eigenvalue weighted by Crippen LogP contribution is 2.18. The predicted octanol–water partition coefficient (Wildman–Crippen LogP) is 3.67. The van der Waals surface area contributed by atoms with Gasteiger partial charge in [0.25, 0.3) is 5.91 Å². The summed E-state index contributed by atoms with van der Waals surface area (Å²) in [6.45, 7) is 1.42. The van der Waals surface area contributed by atoms with Crippen molar-refractivity contribution in [1.82, 2.24) is 4.90 Å². The number of carbonyl (C=O) groups is 2. The van der Waals surface area contributed by atoms with Crippen molar-refractivity contribution >= 4 is 40.1 Å². The molecule has 118 valence electrons. The van der Waals surface area contributed by atoms with E-state index in [0.717, 1.165) is 27.8 Å². The van der Waals surface area contributed by atoms with Gasteiger partial charge in [0.15, 0.2) is 0 Å². The zero-order chi connectivity index (χ0) is 16.2. The molecule has 0 aromatic heterocycles. The molecule has 0 bridgehead atoms. The van der Waals surface area contributed by atoms with Crippen molar-refractivity contribution in [2.45, 2.75) is 19.4 Å². The molecular formula is C18H17IN2O2. The monoisotopic (exact) mass is 420 g/mol. The number of benzene rings is 2. The van der Waals surface area contributed by atoms with Crippen molar-refractivity contribution < 1.29 is 9.59 Å². The van der Waals surface area contributed by atoms with Gasteiger partial charge in [-0.3, -0.25) is 9.59 Å². The van der Waals surface area contributed by atoms with Crippen LogP contribution >= 0.6 is 22.6 Å². The summed E-state index contributed by atoms with van der Waals surface area (Å²) < 4.78 is 0.918. The Bertz CT molecular complexity index is 745. The van der Waals surface area contributed by atoms with Crippen LogP contribution in [0, 0.1) is 3.57 Å². The molecule has 2 amide bonds. The molecule has 3 rings (SSSR count). The molecule has 0 radical (unpaired) electrons. The number of carbonyl (C=O) groups excluding carboxylic acids is 2. The standard InChI is InChI=1S/C18H17IN2O2/c19-16-8-2-1-7-15(16)18(23)20-14-6-3-5-13(11-14)12-21-10-4-9-17(21)22/h1-3,5-8,11H,4,9-10,12H2,(H,20,23). The highest BCUT2D eigenvalue weighted by atomic mass is 127. The summed E-state index contributed by atoms with van der Waals surface area (Å²) in [7, 11) is 0. The fourth-order valence-corrected chi connectivity index (χ4v) is 3.32. The topological polar surface area (TPSA) is 49.4 Å². The number of hydrogen-bond donors (Lipinski definition) is 1. The SMILES string of the molecule is O=C(Nc1cccc(CN2CCCC2=O)c1)c1ccccc1I. The Morgan fingerprint density at radius 3 is 2.74 bits per heavy atom. The number of hydrogen-bond acceptors (Lipinski definition) is 2. The first-order chi connectivity index (χ1) is 11.1. The molecule has 1 fully saturated rings. The molecule has 0 unspecified atom stereocenters. The van der Waals surface area contributed by atoms with Gasteiger partial charge in [-0.05, 0) is 58.8 Å². The van der Waals surface area contributed by atoms with E-state index in [0.29, 0.717) is 18.5 Å². The van der Waals surface area contributed by atoms with E-state index in [4.69, 9.17) is 0 Å². The van der Waals surface area contributed by atoms with Gasteiger partial charge in [-0.2, -0.15) is 0 Å². The molecule has 1 heterocycles. The largest absolute Gasteiger partial charge is 0.338 e. The number of likely N-dealkylation sites (tertiary alicyclic amines) is 1. The Kier molecular flexibility index (Phi) is 4.95. The van der Waals surface area contributed by atoms with Crippen LogP contribution in [0.15, 0.2) is 48.5 Å². The minimum atomic E-state index is -0.121. The van der Waals surface area contributed by atoms with Gasteiger partial charge in [0, 0.05) is 28.8 Å². The number of nitrogens with one attached hydrogen (secondary N) is 1. The summed E-state index contributed by atoms with van der Waals surface area (Å²) in [4.78, 5) is 25.9. The smallest absolute Gasteiger partial charge is 0.256 e. The molecule has 2 aromatic rings. The van der Waals surface area contributed by atoms with Crippen LogP contribution in [-0.4, -0.2) is 23.3 Å². The van der Waals surface area contributed by atoms with Gasteiger partial charge in [0.1, 0.15) is 0 Å². The normalized spacial score (nSPS) is 14.1. The summed E-state index contributed by atoms with van der Waals surface area (Å²) in [5, 5.41) is 2.93. The second-order valence-corrected chi connectivity index (χ2v) is 6.72. The molecule has 1 N–H and O–H groups in total. The molecule has 1 saturated heterocycles. The van der Waals surface area contributed by atoms with Gasteiger partial charge in [-0.15, -0.1) is 0 Å². The van der Waals surface area contributed by atoms with E-state index in [9.17, 15) is 9.59 Å². The Hall–Kier alpha value is -1.89. The van der Waals surface area contributed by atoms with Crippen LogP contribution < -0.4 is 5.32 Å². The molecule has 0 saturated carbocycles. The second kappa shape index (κ2) is 7.12. The van der Waals surface area contributed by atoms with E-state index < -0.39 is 0 Å². The lowest BCUT2D eigenvalue weighted by Crippen LogP contribution is -2.23. The number of anilines is 1. The van der Waals surface area contributed by atoms with Gasteiger partial charge < -0.3 is 10.2 Å². The van der Waals surface area contributed by atoms with E-state index in [2.05, 4.69) is 27.9 Å². The highest BCUT2D eigenvalue weighted by Gasteiger charge is 2.20. The lowest BCUT2D eigenvalue weighted by molar-refractivity contribution is -0.128. The third-order valence-corrected chi connectivity index (χ3v) is 4.79. The van der Waals surface area contributed by atoms with Gasteiger partial charge >= 0.3 is 0 Å². The van der Waals surface area contributed by atoms with Crippen LogP contribution in [0.25, 0.3) is 0 Å². The fourth-order valence-electron chi connectivity index (χ4n) is 2.68. The maximum absolute atomic E-state index is 12.4. The molecule has 2 aromatic carbocycles. The van der Waals surface area contributed by atoms with Gasteiger partial charge in [0.05, 0.1) is 5.56 Å². The maximum atomic E-state index is 12.4. The summed E-state index contributed by atoms with van der Waals surface area (Å²) >= 11 is 2.16. The van der Waals surface area contributed by atoms with Crippen LogP contribution in [0.5, 0.6) is 0 Å². The van der Waals surface area contributed by atoms with Crippen molar-refractivity contribution in [3.63, 3.8) is 0 Å². The van der Waals surface area contributed by atoms with Crippen molar-refractivity contribution in [2.75, 3.05) is 11.9 Å². The molecule has 5 heteroatoms. The van der Waals surface area contributed by atoms with E-state index in [1.807, 2.05) is 53.4 Å². The zero-order valence-electron chi connectivity index (χ0n) is 12.6. The van der Waals surface area contributed by atoms with E-state index in [1.165, 1.54) is 0 Å². The highest BCUT2D eigenvalue weighted by molar-refractivity contribution is 14.1. The van der Waals surface area contributed by atoms with Gasteiger partial charge in [-0.1, -0.05) is 24.3 Å². The van der Waals surface area contributed by atoms with Crippen LogP contribution in [-0.2, 0) is 11.3 Å². The van der Waals surface area contributed by atoms with Crippen molar-refractivity contribution in [2.24, 2.45) is 0 Å². The first-order valence-corrected chi connectivity index (χ1v) is 8.64. The van der Waals surface area contributed by atoms with Crippen molar-refractivity contribution in [3.05, 3.63) is 63.2 Å². The van der Waals surface area contributed by atoms with Gasteiger partial charge in [-0.25, -0.2) is 0 Å². The molecule has 1 aliphatic rings. The van der Waals surface area contributed by atoms with E-state index >= 15 is 0 Å². The molecule has 1 aliphatic heterocycles. The molecule has 0 spiro atoms. The maximum Gasteiger partial charge on any atom is 0.256 e. The fraction of sp³-hybridized carbons (Fsp3) is 0.222. The lowest BCUT2D eigenvalue weighted by Gasteiger charge is -2.16. The Morgan fingerprint density at radius 2 is 2.00 bits per heavy atom. The Balaban J connectivity index is 1.71. The third-order valence-electron chi connectivity index (χ3n) is 3.85. The number of halogens is 1.